The van der Waals surface area contributed by atoms with E-state index in [-0.39, 0.29) is 5.69 Å². The van der Waals surface area contributed by atoms with E-state index < -0.39 is 5.97 Å². The number of pyridine rings is 1. The average Bonchev–Trinajstić information content (AvgIpc) is 3.11. The first-order chi connectivity index (χ1) is 12.6. The second-order valence-corrected chi connectivity index (χ2v) is 5.74. The Morgan fingerprint density at radius 3 is 2.58 bits per heavy atom. The summed E-state index contributed by atoms with van der Waals surface area (Å²) < 4.78 is 6.66. The summed E-state index contributed by atoms with van der Waals surface area (Å²) in [5.41, 5.74) is 8.78. The van der Waals surface area contributed by atoms with E-state index in [0.29, 0.717) is 25.2 Å². The number of carbonyl (C=O) groups is 1. The smallest absolute Gasteiger partial charge is 0.354 e. The van der Waals surface area contributed by atoms with Crippen LogP contribution in [-0.2, 0) is 6.54 Å². The lowest BCUT2D eigenvalue weighted by atomic mass is 10.1. The summed E-state index contributed by atoms with van der Waals surface area (Å²) in [4.78, 5) is 15.9. The number of carboxylic acid groups (broad SMARTS) is 1. The lowest BCUT2D eigenvalue weighted by molar-refractivity contribution is 0.0683. The first-order valence-corrected chi connectivity index (χ1v) is 8.24. The molecule has 0 unspecified atom stereocenters. The second kappa shape index (κ2) is 7.79. The van der Waals surface area contributed by atoms with Gasteiger partial charge in [-0.1, -0.05) is 0 Å². The monoisotopic (exact) mass is 352 g/mol. The van der Waals surface area contributed by atoms with E-state index in [1.54, 1.807) is 19.4 Å². The van der Waals surface area contributed by atoms with E-state index >= 15 is 0 Å². The van der Waals surface area contributed by atoms with Gasteiger partial charge < -0.3 is 15.6 Å². The van der Waals surface area contributed by atoms with E-state index in [4.69, 9.17) is 10.5 Å². The molecule has 3 N–H and O–H groups in total. The Bertz CT molecular complexity index is 903. The maximum atomic E-state index is 11.5. The van der Waals surface area contributed by atoms with Gasteiger partial charge in [0.25, 0.3) is 0 Å². The summed E-state index contributed by atoms with van der Waals surface area (Å²) in [5, 5.41) is 13.8. The zero-order valence-electron chi connectivity index (χ0n) is 14.4. The molecule has 7 heteroatoms. The predicted molar refractivity (Wildman–Crippen MR) is 98.1 cm³/mol. The van der Waals surface area contributed by atoms with Crippen LogP contribution in [0.15, 0.2) is 48.7 Å². The van der Waals surface area contributed by atoms with Gasteiger partial charge in [-0.3, -0.25) is 9.67 Å². The minimum atomic E-state index is -1.01. The Kier molecular flexibility index (Phi) is 5.28. The molecule has 2 heterocycles. The van der Waals surface area contributed by atoms with E-state index in [0.717, 1.165) is 22.6 Å². The molecule has 0 bridgehead atoms. The number of hydrogen-bond acceptors (Lipinski definition) is 5. The SMILES string of the molecule is COc1ccc(-c2cc(-c3cc(C(=O)O)n(CCCN)n3)ccn2)cc1. The van der Waals surface area contributed by atoms with Crippen molar-refractivity contribution in [3.63, 3.8) is 0 Å². The van der Waals surface area contributed by atoms with E-state index in [9.17, 15) is 9.90 Å². The lowest BCUT2D eigenvalue weighted by Crippen LogP contribution is -2.12. The van der Waals surface area contributed by atoms with Crippen LogP contribution in [0.5, 0.6) is 5.75 Å². The normalized spacial score (nSPS) is 10.7. The summed E-state index contributed by atoms with van der Waals surface area (Å²) in [5.74, 6) is -0.236. The minimum Gasteiger partial charge on any atom is -0.497 e. The van der Waals surface area contributed by atoms with E-state index in [1.807, 2.05) is 36.4 Å². The third-order valence-corrected chi connectivity index (χ3v) is 4.01. The van der Waals surface area contributed by atoms with E-state index in [2.05, 4.69) is 10.1 Å². The van der Waals surface area contributed by atoms with Crippen LogP contribution >= 0.6 is 0 Å². The van der Waals surface area contributed by atoms with Crippen molar-refractivity contribution in [1.82, 2.24) is 14.8 Å². The molecule has 134 valence electrons. The van der Waals surface area contributed by atoms with Crippen LogP contribution in [-0.4, -0.2) is 39.5 Å². The van der Waals surface area contributed by atoms with Crippen LogP contribution in [0.25, 0.3) is 22.5 Å². The molecule has 26 heavy (non-hydrogen) atoms. The fraction of sp³-hybridized carbons (Fsp3) is 0.211. The summed E-state index contributed by atoms with van der Waals surface area (Å²) in [6.07, 6.45) is 2.35. The van der Waals surface area contributed by atoms with Crippen LogP contribution in [0.3, 0.4) is 0 Å². The number of nitrogens with zero attached hydrogens (tertiary/aromatic N) is 3. The van der Waals surface area contributed by atoms with Gasteiger partial charge in [-0.15, -0.1) is 0 Å². The quantitative estimate of drug-likeness (QED) is 0.677. The number of ether oxygens (including phenoxy) is 1. The number of nitrogens with two attached hydrogens (primary N) is 1. The summed E-state index contributed by atoms with van der Waals surface area (Å²) in [6.45, 7) is 0.944. The maximum Gasteiger partial charge on any atom is 0.354 e. The molecule has 0 aliphatic rings. The van der Waals surface area contributed by atoms with Crippen LogP contribution in [0.2, 0.25) is 0 Å². The number of benzene rings is 1. The standard InChI is InChI=1S/C19H20N4O3/c1-26-15-5-3-13(4-6-15)16-11-14(7-9-21-16)17-12-18(19(24)25)23(22-17)10-2-8-20/h3-7,9,11-12H,2,8,10,20H2,1H3,(H,24,25). The minimum absolute atomic E-state index is 0.149. The predicted octanol–water partition coefficient (Wildman–Crippen LogP) is 2.67. The number of carboxylic acids is 1. The van der Waals surface area contributed by atoms with Crippen molar-refractivity contribution < 1.29 is 14.6 Å². The number of aromatic nitrogens is 3. The van der Waals surface area contributed by atoms with Crippen molar-refractivity contribution in [3.05, 3.63) is 54.4 Å². The van der Waals surface area contributed by atoms with Gasteiger partial charge in [0.05, 0.1) is 18.5 Å². The number of hydrogen-bond donors (Lipinski definition) is 2. The van der Waals surface area contributed by atoms with Gasteiger partial charge in [0.1, 0.15) is 11.4 Å². The Hall–Kier alpha value is -3.19. The van der Waals surface area contributed by atoms with E-state index in [1.165, 1.54) is 4.68 Å². The molecular weight excluding hydrogens is 332 g/mol. The maximum absolute atomic E-state index is 11.5. The first kappa shape index (κ1) is 17.6. The number of aryl methyl sites for hydroxylation is 1. The molecule has 0 radical (unpaired) electrons. The van der Waals surface area contributed by atoms with Crippen molar-refractivity contribution in [2.75, 3.05) is 13.7 Å². The molecule has 0 aliphatic carbocycles. The molecule has 3 aromatic rings. The summed E-state index contributed by atoms with van der Waals surface area (Å²) in [7, 11) is 1.62. The number of methoxy groups -OCH3 is 1. The van der Waals surface area contributed by atoms with Gasteiger partial charge in [0, 0.05) is 23.9 Å². The molecule has 0 fully saturated rings. The number of aromatic carboxylic acids is 1. The summed E-state index contributed by atoms with van der Waals surface area (Å²) in [6, 6.07) is 12.9. The van der Waals surface area contributed by atoms with Crippen LogP contribution < -0.4 is 10.5 Å². The fourth-order valence-corrected chi connectivity index (χ4v) is 2.65. The highest BCUT2D eigenvalue weighted by Crippen LogP contribution is 2.26. The topological polar surface area (TPSA) is 103 Å². The Balaban J connectivity index is 1.95. The average molecular weight is 352 g/mol. The Morgan fingerprint density at radius 1 is 1.15 bits per heavy atom. The van der Waals surface area contributed by atoms with Crippen LogP contribution in [0.1, 0.15) is 16.9 Å². The van der Waals surface area contributed by atoms with Crippen molar-refractivity contribution in [1.29, 1.82) is 0 Å². The second-order valence-electron chi connectivity index (χ2n) is 5.74. The third-order valence-electron chi connectivity index (χ3n) is 4.01. The first-order valence-electron chi connectivity index (χ1n) is 8.24. The zero-order valence-corrected chi connectivity index (χ0v) is 14.4. The highest BCUT2D eigenvalue weighted by Gasteiger charge is 2.15. The molecule has 0 saturated heterocycles. The van der Waals surface area contributed by atoms with Gasteiger partial charge in [-0.05, 0) is 55.4 Å². The van der Waals surface area contributed by atoms with Gasteiger partial charge in [0.2, 0.25) is 0 Å². The summed E-state index contributed by atoms with van der Waals surface area (Å²) >= 11 is 0. The Labute approximate surface area is 151 Å². The van der Waals surface area contributed by atoms with Crippen molar-refractivity contribution in [3.8, 4) is 28.3 Å². The highest BCUT2D eigenvalue weighted by molar-refractivity contribution is 5.87. The molecule has 0 spiro atoms. The molecule has 0 saturated carbocycles. The van der Waals surface area contributed by atoms with Crippen molar-refractivity contribution >= 4 is 5.97 Å². The molecule has 0 atom stereocenters. The number of rotatable bonds is 7. The molecule has 3 rings (SSSR count). The molecule has 2 aromatic heterocycles. The largest absolute Gasteiger partial charge is 0.497 e. The van der Waals surface area contributed by atoms with Crippen molar-refractivity contribution in [2.45, 2.75) is 13.0 Å². The molecule has 7 nitrogen and oxygen atoms in total. The van der Waals surface area contributed by atoms with Gasteiger partial charge in [-0.2, -0.15) is 5.10 Å². The third kappa shape index (κ3) is 3.73. The van der Waals surface area contributed by atoms with Gasteiger partial charge in [-0.25, -0.2) is 4.79 Å². The molecular formula is C19H20N4O3. The molecule has 0 amide bonds. The Morgan fingerprint density at radius 2 is 1.92 bits per heavy atom. The van der Waals surface area contributed by atoms with Gasteiger partial charge in [0.15, 0.2) is 0 Å². The lowest BCUT2D eigenvalue weighted by Gasteiger charge is -2.05. The van der Waals surface area contributed by atoms with Crippen LogP contribution in [0, 0.1) is 0 Å². The fourth-order valence-electron chi connectivity index (χ4n) is 2.65. The molecule has 1 aromatic carbocycles. The zero-order chi connectivity index (χ0) is 18.5. The van der Waals surface area contributed by atoms with Gasteiger partial charge >= 0.3 is 5.97 Å². The van der Waals surface area contributed by atoms with Crippen LogP contribution in [0.4, 0.5) is 0 Å². The molecule has 0 aliphatic heterocycles. The highest BCUT2D eigenvalue weighted by atomic mass is 16.5. The van der Waals surface area contributed by atoms with Crippen molar-refractivity contribution in [2.24, 2.45) is 5.73 Å².